The van der Waals surface area contributed by atoms with E-state index in [1.807, 2.05) is 24.3 Å². The Balaban J connectivity index is 2.19. The van der Waals surface area contributed by atoms with Gasteiger partial charge in [0.2, 0.25) is 0 Å². The molecule has 3 heteroatoms. The second-order valence-corrected chi connectivity index (χ2v) is 5.64. The molecule has 0 saturated heterocycles. The van der Waals surface area contributed by atoms with Crippen molar-refractivity contribution in [2.45, 2.75) is 33.1 Å². The van der Waals surface area contributed by atoms with Gasteiger partial charge in [-0.25, -0.2) is 0 Å². The Labute approximate surface area is 108 Å². The average molecular weight is 244 g/mol. The molecule has 1 saturated carbocycles. The fourth-order valence-electron chi connectivity index (χ4n) is 2.53. The maximum atomic E-state index is 11.8. The largest absolute Gasteiger partial charge is 0.384 e. The maximum Gasteiger partial charge on any atom is 0.133 e. The maximum absolute atomic E-state index is 11.8. The van der Waals surface area contributed by atoms with Crippen molar-refractivity contribution in [2.24, 2.45) is 17.1 Å². The summed E-state index contributed by atoms with van der Waals surface area (Å²) in [5.41, 5.74) is 7.51. The van der Waals surface area contributed by atoms with Crippen LogP contribution in [0, 0.1) is 16.7 Å². The van der Waals surface area contributed by atoms with Crippen molar-refractivity contribution >= 4 is 11.6 Å². The van der Waals surface area contributed by atoms with Crippen LogP contribution in [0.1, 0.15) is 37.8 Å². The normalized spacial score (nSPS) is 18.1. The molecule has 3 nitrogen and oxygen atoms in total. The smallest absolute Gasteiger partial charge is 0.133 e. The van der Waals surface area contributed by atoms with Gasteiger partial charge in [-0.3, -0.25) is 10.2 Å². The predicted octanol–water partition coefficient (Wildman–Crippen LogP) is 2.52. The molecule has 0 aliphatic heterocycles. The zero-order chi connectivity index (χ0) is 13.3. The molecule has 0 bridgehead atoms. The third-order valence-corrected chi connectivity index (χ3v) is 4.05. The molecule has 1 aromatic carbocycles. The van der Waals surface area contributed by atoms with E-state index in [2.05, 4.69) is 6.92 Å². The van der Waals surface area contributed by atoms with Gasteiger partial charge in [0.15, 0.2) is 0 Å². The Bertz CT molecular complexity index is 489. The number of amidine groups is 1. The molecule has 2 rings (SSSR count). The highest BCUT2D eigenvalue weighted by atomic mass is 16.1. The number of nitrogens with two attached hydrogens (primary N) is 1. The lowest BCUT2D eigenvalue weighted by molar-refractivity contribution is -0.122. The molecule has 18 heavy (non-hydrogen) atoms. The van der Waals surface area contributed by atoms with Gasteiger partial charge in [0.05, 0.1) is 0 Å². The van der Waals surface area contributed by atoms with Crippen LogP contribution in [0.3, 0.4) is 0 Å². The number of Topliss-reactive ketones (excluding diaryl/α,β-unsaturated/α-hetero) is 1. The Morgan fingerprint density at radius 2 is 2.17 bits per heavy atom. The summed E-state index contributed by atoms with van der Waals surface area (Å²) in [6, 6.07) is 7.66. The third kappa shape index (κ3) is 2.61. The molecular formula is C15H20N2O. The molecule has 1 fully saturated rings. The first-order valence-corrected chi connectivity index (χ1v) is 6.36. The molecule has 0 heterocycles. The van der Waals surface area contributed by atoms with E-state index in [4.69, 9.17) is 11.1 Å². The van der Waals surface area contributed by atoms with Crippen LogP contribution in [0.2, 0.25) is 0 Å². The number of nitrogens with one attached hydrogen (secondary N) is 1. The summed E-state index contributed by atoms with van der Waals surface area (Å²) in [5.74, 6) is 0.441. The summed E-state index contributed by atoms with van der Waals surface area (Å²) in [6.45, 7) is 3.87. The van der Waals surface area contributed by atoms with E-state index in [-0.39, 0.29) is 23.0 Å². The molecule has 0 amide bonds. The SMILES string of the molecule is CC(=O)[C@@H](Cc1cccc(C(=N)N)c1)C1(C)CC1. The number of nitrogen functional groups attached to an aromatic ring is 1. The van der Waals surface area contributed by atoms with Crippen LogP contribution < -0.4 is 5.73 Å². The van der Waals surface area contributed by atoms with Crippen LogP contribution >= 0.6 is 0 Å². The van der Waals surface area contributed by atoms with E-state index in [1.54, 1.807) is 6.92 Å². The molecule has 0 spiro atoms. The highest BCUT2D eigenvalue weighted by molar-refractivity contribution is 5.95. The van der Waals surface area contributed by atoms with E-state index in [0.29, 0.717) is 0 Å². The van der Waals surface area contributed by atoms with Crippen LogP contribution in [0.15, 0.2) is 24.3 Å². The van der Waals surface area contributed by atoms with Gasteiger partial charge >= 0.3 is 0 Å². The topological polar surface area (TPSA) is 66.9 Å². The van der Waals surface area contributed by atoms with E-state index in [9.17, 15) is 4.79 Å². The van der Waals surface area contributed by atoms with Crippen LogP contribution in [0.5, 0.6) is 0 Å². The number of rotatable bonds is 5. The molecule has 1 aromatic rings. The summed E-state index contributed by atoms with van der Waals surface area (Å²) in [4.78, 5) is 11.8. The van der Waals surface area contributed by atoms with Crippen molar-refractivity contribution in [3.63, 3.8) is 0 Å². The molecule has 1 aliphatic carbocycles. The van der Waals surface area contributed by atoms with Crippen LogP contribution in [0.4, 0.5) is 0 Å². The molecular weight excluding hydrogens is 224 g/mol. The summed E-state index contributed by atoms with van der Waals surface area (Å²) in [5, 5.41) is 7.45. The number of hydrogen-bond donors (Lipinski definition) is 2. The van der Waals surface area contributed by atoms with E-state index in [1.165, 1.54) is 0 Å². The van der Waals surface area contributed by atoms with Crippen molar-refractivity contribution < 1.29 is 4.79 Å². The average Bonchev–Trinajstić information content (AvgIpc) is 3.05. The van der Waals surface area contributed by atoms with Gasteiger partial charge in [0, 0.05) is 11.5 Å². The highest BCUT2D eigenvalue weighted by Gasteiger charge is 2.46. The minimum atomic E-state index is 0.0776. The van der Waals surface area contributed by atoms with Gasteiger partial charge in [-0.1, -0.05) is 25.1 Å². The summed E-state index contributed by atoms with van der Waals surface area (Å²) >= 11 is 0. The Hall–Kier alpha value is -1.64. The molecule has 1 atom stereocenters. The first-order valence-electron chi connectivity index (χ1n) is 6.36. The number of carbonyl (C=O) groups excluding carboxylic acids is 1. The minimum absolute atomic E-state index is 0.0776. The van der Waals surface area contributed by atoms with Gasteiger partial charge < -0.3 is 5.73 Å². The molecule has 1 aliphatic rings. The zero-order valence-corrected chi connectivity index (χ0v) is 11.0. The molecule has 0 unspecified atom stereocenters. The van der Waals surface area contributed by atoms with Gasteiger partial charge in [-0.05, 0) is 43.2 Å². The Morgan fingerprint density at radius 3 is 2.67 bits per heavy atom. The minimum Gasteiger partial charge on any atom is -0.384 e. The van der Waals surface area contributed by atoms with Crippen molar-refractivity contribution in [1.29, 1.82) is 5.41 Å². The first kappa shape index (κ1) is 12.8. The monoisotopic (exact) mass is 244 g/mol. The van der Waals surface area contributed by atoms with Gasteiger partial charge in [-0.15, -0.1) is 0 Å². The van der Waals surface area contributed by atoms with E-state index in [0.717, 1.165) is 30.4 Å². The van der Waals surface area contributed by atoms with Crippen molar-refractivity contribution in [3.05, 3.63) is 35.4 Å². The second-order valence-electron chi connectivity index (χ2n) is 5.64. The summed E-state index contributed by atoms with van der Waals surface area (Å²) < 4.78 is 0. The number of hydrogen-bond acceptors (Lipinski definition) is 2. The highest BCUT2D eigenvalue weighted by Crippen LogP contribution is 2.52. The number of ketones is 1. The molecule has 0 radical (unpaired) electrons. The first-order chi connectivity index (χ1) is 8.42. The molecule has 0 aromatic heterocycles. The van der Waals surface area contributed by atoms with Gasteiger partial charge in [0.25, 0.3) is 0 Å². The lowest BCUT2D eigenvalue weighted by Crippen LogP contribution is -2.23. The second kappa shape index (κ2) is 4.56. The predicted molar refractivity (Wildman–Crippen MR) is 72.7 cm³/mol. The standard InChI is InChI=1S/C15H20N2O/c1-10(18)13(15(2)6-7-15)9-11-4-3-5-12(8-11)14(16)17/h3-5,8,13H,6-7,9H2,1-2H3,(H3,16,17)/t13-/m1/s1. The van der Waals surface area contributed by atoms with Crippen molar-refractivity contribution in [1.82, 2.24) is 0 Å². The van der Waals surface area contributed by atoms with Crippen molar-refractivity contribution in [2.75, 3.05) is 0 Å². The number of carbonyl (C=O) groups is 1. The van der Waals surface area contributed by atoms with Gasteiger partial charge in [-0.2, -0.15) is 0 Å². The van der Waals surface area contributed by atoms with Gasteiger partial charge in [0.1, 0.15) is 11.6 Å². The summed E-state index contributed by atoms with van der Waals surface area (Å²) in [6.07, 6.45) is 3.04. The lowest BCUT2D eigenvalue weighted by Gasteiger charge is -2.21. The van der Waals surface area contributed by atoms with E-state index >= 15 is 0 Å². The zero-order valence-electron chi connectivity index (χ0n) is 11.0. The number of benzene rings is 1. The molecule has 3 N–H and O–H groups in total. The molecule has 96 valence electrons. The van der Waals surface area contributed by atoms with Crippen LogP contribution in [-0.2, 0) is 11.2 Å². The lowest BCUT2D eigenvalue weighted by atomic mass is 9.82. The third-order valence-electron chi connectivity index (χ3n) is 4.05. The van der Waals surface area contributed by atoms with Crippen LogP contribution in [0.25, 0.3) is 0 Å². The fourth-order valence-corrected chi connectivity index (χ4v) is 2.53. The van der Waals surface area contributed by atoms with Crippen LogP contribution in [-0.4, -0.2) is 11.6 Å². The summed E-state index contributed by atoms with van der Waals surface area (Å²) in [7, 11) is 0. The Morgan fingerprint density at radius 1 is 1.50 bits per heavy atom. The quantitative estimate of drug-likeness (QED) is 0.617. The Kier molecular flexibility index (Phi) is 3.24. The fraction of sp³-hybridized carbons (Fsp3) is 0.467. The van der Waals surface area contributed by atoms with E-state index < -0.39 is 0 Å². The van der Waals surface area contributed by atoms with Crippen molar-refractivity contribution in [3.8, 4) is 0 Å².